The van der Waals surface area contributed by atoms with Gasteiger partial charge in [-0.05, 0) is 31.5 Å². The fourth-order valence-corrected chi connectivity index (χ4v) is 3.78. The molecule has 0 aromatic heterocycles. The van der Waals surface area contributed by atoms with E-state index in [0.29, 0.717) is 13.2 Å². The highest BCUT2D eigenvalue weighted by atomic mass is 31.2. The lowest BCUT2D eigenvalue weighted by atomic mass is 10.0. The third-order valence-electron chi connectivity index (χ3n) is 3.27. The molecule has 0 atom stereocenters. The molecule has 0 unspecified atom stereocenters. The van der Waals surface area contributed by atoms with E-state index in [1.54, 1.807) is 0 Å². The minimum atomic E-state index is -1.05. The van der Waals surface area contributed by atoms with Crippen molar-refractivity contribution in [2.45, 2.75) is 13.8 Å². The summed E-state index contributed by atoms with van der Waals surface area (Å²) in [5, 5.41) is 1.13. The number of anilines is 1. The highest BCUT2D eigenvalue weighted by Gasteiger charge is 2.19. The van der Waals surface area contributed by atoms with Gasteiger partial charge in [0.05, 0.1) is 13.2 Å². The molecule has 0 saturated heterocycles. The first kappa shape index (κ1) is 17.0. The third-order valence-corrected chi connectivity index (χ3v) is 5.04. The molecule has 22 heavy (non-hydrogen) atoms. The van der Waals surface area contributed by atoms with Crippen LogP contribution in [0.1, 0.15) is 13.8 Å². The Labute approximate surface area is 134 Å². The zero-order valence-corrected chi connectivity index (χ0v) is 14.6. The van der Waals surface area contributed by atoms with Crippen molar-refractivity contribution in [1.82, 2.24) is 0 Å². The Morgan fingerprint density at radius 3 is 1.95 bits per heavy atom. The van der Waals surface area contributed by atoms with Crippen LogP contribution in [-0.2, 0) is 9.05 Å². The summed E-state index contributed by atoms with van der Waals surface area (Å²) < 4.78 is 11.7. The normalized spacial score (nSPS) is 11.0. The van der Waals surface area contributed by atoms with Crippen molar-refractivity contribution in [1.29, 1.82) is 0 Å². The van der Waals surface area contributed by atoms with E-state index >= 15 is 0 Å². The minimum absolute atomic E-state index is 0.648. The molecule has 118 valence electrons. The second-order valence-corrected chi connectivity index (χ2v) is 6.53. The van der Waals surface area contributed by atoms with Gasteiger partial charge in [-0.15, -0.1) is 0 Å². The van der Waals surface area contributed by atoms with Crippen molar-refractivity contribution in [3.63, 3.8) is 0 Å². The largest absolute Gasteiger partial charge is 0.377 e. The van der Waals surface area contributed by atoms with Gasteiger partial charge < -0.3 is 13.9 Å². The van der Waals surface area contributed by atoms with Crippen molar-refractivity contribution >= 4 is 19.4 Å². The fourth-order valence-electron chi connectivity index (χ4n) is 2.36. The molecule has 0 amide bonds. The summed E-state index contributed by atoms with van der Waals surface area (Å²) in [5.41, 5.74) is 3.58. The molecule has 2 aromatic carbocycles. The average Bonchev–Trinajstić information content (AvgIpc) is 2.54. The van der Waals surface area contributed by atoms with Crippen LogP contribution in [0.3, 0.4) is 0 Å². The summed E-state index contributed by atoms with van der Waals surface area (Å²) in [4.78, 5) is 2.13. The van der Waals surface area contributed by atoms with Crippen molar-refractivity contribution in [3.8, 4) is 11.1 Å². The molecule has 3 nitrogen and oxygen atoms in total. The van der Waals surface area contributed by atoms with Crippen LogP contribution < -0.4 is 10.2 Å². The van der Waals surface area contributed by atoms with E-state index in [9.17, 15) is 0 Å². The first-order valence-electron chi connectivity index (χ1n) is 7.60. The molecule has 0 fully saturated rings. The molecule has 0 spiro atoms. The smallest absolute Gasteiger partial charge is 0.205 e. The Morgan fingerprint density at radius 2 is 1.36 bits per heavy atom. The Hall–Kier alpha value is -1.41. The number of benzene rings is 2. The van der Waals surface area contributed by atoms with E-state index in [1.807, 2.05) is 19.9 Å². The standard InChI is InChI=1S/C18H24NO2P/c1-5-20-22(21-6-2)18-14-10-8-12-16(18)15-11-7-9-13-17(15)19(3)4/h7-14H,5-6H2,1-4H3. The van der Waals surface area contributed by atoms with Gasteiger partial charge in [0, 0.05) is 30.7 Å². The number of nitrogens with zero attached hydrogens (tertiary/aromatic N) is 1. The molecule has 0 aliphatic heterocycles. The van der Waals surface area contributed by atoms with Gasteiger partial charge in [-0.3, -0.25) is 0 Å². The lowest BCUT2D eigenvalue weighted by Crippen LogP contribution is -2.13. The van der Waals surface area contributed by atoms with Crippen molar-refractivity contribution in [2.24, 2.45) is 0 Å². The number of rotatable bonds is 7. The van der Waals surface area contributed by atoms with Gasteiger partial charge in [0.25, 0.3) is 0 Å². The Kier molecular flexibility index (Phi) is 6.38. The Balaban J connectivity index is 2.53. The van der Waals surface area contributed by atoms with Crippen LogP contribution >= 0.6 is 8.38 Å². The first-order chi connectivity index (χ1) is 10.7. The highest BCUT2D eigenvalue weighted by molar-refractivity contribution is 7.56. The van der Waals surface area contributed by atoms with Crippen LogP contribution in [0.2, 0.25) is 0 Å². The van der Waals surface area contributed by atoms with Crippen molar-refractivity contribution in [3.05, 3.63) is 48.5 Å². The van der Waals surface area contributed by atoms with E-state index < -0.39 is 8.38 Å². The van der Waals surface area contributed by atoms with E-state index in [-0.39, 0.29) is 0 Å². The number of hydrogen-bond donors (Lipinski definition) is 0. The Bertz CT molecular complexity index is 595. The molecule has 0 aliphatic rings. The summed E-state index contributed by atoms with van der Waals surface area (Å²) in [7, 11) is 3.08. The molecule has 2 aromatic rings. The first-order valence-corrected chi connectivity index (χ1v) is 8.78. The molecule has 4 heteroatoms. The van der Waals surface area contributed by atoms with Crippen LogP contribution in [0.4, 0.5) is 5.69 Å². The van der Waals surface area contributed by atoms with E-state index in [0.717, 1.165) is 5.30 Å². The maximum absolute atomic E-state index is 5.86. The van der Waals surface area contributed by atoms with Gasteiger partial charge in [0.2, 0.25) is 8.38 Å². The monoisotopic (exact) mass is 317 g/mol. The number of hydrogen-bond acceptors (Lipinski definition) is 3. The topological polar surface area (TPSA) is 21.7 Å². The van der Waals surface area contributed by atoms with Crippen molar-refractivity contribution < 1.29 is 9.05 Å². The summed E-state index contributed by atoms with van der Waals surface area (Å²) in [6.07, 6.45) is 0. The van der Waals surface area contributed by atoms with E-state index in [2.05, 4.69) is 61.5 Å². The van der Waals surface area contributed by atoms with Crippen molar-refractivity contribution in [2.75, 3.05) is 32.2 Å². The molecular weight excluding hydrogens is 293 g/mol. The molecule has 2 rings (SSSR count). The maximum atomic E-state index is 5.86. The molecule has 0 aliphatic carbocycles. The number of para-hydroxylation sites is 1. The zero-order valence-electron chi connectivity index (χ0n) is 13.7. The molecule has 0 saturated carbocycles. The van der Waals surface area contributed by atoms with E-state index in [1.165, 1.54) is 16.8 Å². The second kappa shape index (κ2) is 8.28. The minimum Gasteiger partial charge on any atom is -0.377 e. The fraction of sp³-hybridized carbons (Fsp3) is 0.333. The van der Waals surface area contributed by atoms with Gasteiger partial charge >= 0.3 is 0 Å². The quantitative estimate of drug-likeness (QED) is 0.705. The maximum Gasteiger partial charge on any atom is 0.205 e. The van der Waals surface area contributed by atoms with Crippen LogP contribution in [0.15, 0.2) is 48.5 Å². The molecule has 0 N–H and O–H groups in total. The summed E-state index contributed by atoms with van der Waals surface area (Å²) in [6, 6.07) is 16.8. The summed E-state index contributed by atoms with van der Waals surface area (Å²) >= 11 is 0. The van der Waals surface area contributed by atoms with E-state index in [4.69, 9.17) is 9.05 Å². The van der Waals surface area contributed by atoms with Crippen LogP contribution in [0.25, 0.3) is 11.1 Å². The lowest BCUT2D eigenvalue weighted by Gasteiger charge is -2.22. The lowest BCUT2D eigenvalue weighted by molar-refractivity contribution is 0.277. The average molecular weight is 317 g/mol. The van der Waals surface area contributed by atoms with Crippen LogP contribution in [0, 0.1) is 0 Å². The predicted octanol–water partition coefficient (Wildman–Crippen LogP) is 4.43. The molecule has 0 radical (unpaired) electrons. The SMILES string of the molecule is CCOP(OCC)c1ccccc1-c1ccccc1N(C)C. The second-order valence-electron chi connectivity index (χ2n) is 5.02. The van der Waals surface area contributed by atoms with Gasteiger partial charge in [0.15, 0.2) is 0 Å². The van der Waals surface area contributed by atoms with Gasteiger partial charge in [0.1, 0.15) is 0 Å². The van der Waals surface area contributed by atoms with Crippen LogP contribution in [-0.4, -0.2) is 27.3 Å². The third kappa shape index (κ3) is 3.86. The predicted molar refractivity (Wildman–Crippen MR) is 96.0 cm³/mol. The zero-order chi connectivity index (χ0) is 15.9. The van der Waals surface area contributed by atoms with Crippen LogP contribution in [0.5, 0.6) is 0 Å². The Morgan fingerprint density at radius 1 is 0.818 bits per heavy atom. The molecule has 0 heterocycles. The van der Waals surface area contributed by atoms with Gasteiger partial charge in [-0.1, -0.05) is 36.4 Å². The van der Waals surface area contributed by atoms with Gasteiger partial charge in [-0.25, -0.2) is 0 Å². The summed E-state index contributed by atoms with van der Waals surface area (Å²) in [6.45, 7) is 5.31. The molecular formula is C18H24NO2P. The summed E-state index contributed by atoms with van der Waals surface area (Å²) in [5.74, 6) is 0. The highest BCUT2D eigenvalue weighted by Crippen LogP contribution is 2.41. The molecule has 0 bridgehead atoms. The van der Waals surface area contributed by atoms with Gasteiger partial charge in [-0.2, -0.15) is 0 Å².